The summed E-state index contributed by atoms with van der Waals surface area (Å²) in [5.41, 5.74) is 11.4. The average Bonchev–Trinajstić information content (AvgIpc) is 3.36. The normalized spacial score (nSPS) is 17.3. The van der Waals surface area contributed by atoms with Crippen LogP contribution in [0.4, 0.5) is 0 Å². The molecule has 224 valence electrons. The van der Waals surface area contributed by atoms with Gasteiger partial charge in [0.2, 0.25) is 17.7 Å². The lowest BCUT2D eigenvalue weighted by molar-refractivity contribution is -0.142. The Morgan fingerprint density at radius 1 is 1.15 bits per heavy atom. The Hall–Kier alpha value is -4.54. The summed E-state index contributed by atoms with van der Waals surface area (Å²) < 4.78 is 0. The molecule has 0 saturated carbocycles. The highest BCUT2D eigenvalue weighted by molar-refractivity contribution is 5.92. The molecule has 1 aliphatic heterocycles. The van der Waals surface area contributed by atoms with E-state index in [9.17, 15) is 39.3 Å². The zero-order valence-corrected chi connectivity index (χ0v) is 22.2. The Labute approximate surface area is 234 Å². The van der Waals surface area contributed by atoms with E-state index in [2.05, 4.69) is 21.3 Å². The van der Waals surface area contributed by atoms with Crippen molar-refractivity contribution in [3.05, 3.63) is 41.0 Å². The number of aromatic carboxylic acids is 1. The maximum Gasteiger partial charge on any atom is 0.339 e. The molecule has 0 aliphatic carbocycles. The van der Waals surface area contributed by atoms with Crippen molar-refractivity contribution in [1.29, 1.82) is 5.41 Å². The second-order valence-electron chi connectivity index (χ2n) is 9.42. The molecule has 1 aromatic carbocycles. The van der Waals surface area contributed by atoms with Gasteiger partial charge in [-0.05, 0) is 43.0 Å². The molecular weight excluding hydrogens is 542 g/mol. The molecule has 1 aromatic rings. The topological polar surface area (TPSA) is 290 Å². The number of carbonyl (C=O) groups is 5. The van der Waals surface area contributed by atoms with Crippen molar-refractivity contribution in [2.75, 3.05) is 13.1 Å². The Kier molecular flexibility index (Phi) is 11.7. The molecule has 0 saturated heterocycles. The zero-order chi connectivity index (χ0) is 30.9. The predicted molar refractivity (Wildman–Crippen MR) is 144 cm³/mol. The first-order chi connectivity index (χ1) is 19.2. The molecule has 2 rings (SSSR count). The quantitative estimate of drug-likeness (QED) is 0.0452. The van der Waals surface area contributed by atoms with Crippen molar-refractivity contribution in [3.63, 3.8) is 0 Å². The number of carboxylic acids is 2. The minimum absolute atomic E-state index is 0.00432. The molecule has 5 unspecified atom stereocenters. The van der Waals surface area contributed by atoms with Gasteiger partial charge in [-0.3, -0.25) is 19.8 Å². The number of rotatable bonds is 15. The number of aliphatic carboxylic acids is 1. The molecule has 1 aliphatic rings. The van der Waals surface area contributed by atoms with E-state index in [0.717, 1.165) is 18.2 Å². The van der Waals surface area contributed by atoms with E-state index in [-0.39, 0.29) is 37.2 Å². The van der Waals surface area contributed by atoms with Crippen LogP contribution in [0.5, 0.6) is 5.75 Å². The highest BCUT2D eigenvalue weighted by atomic mass is 16.4. The number of hydrogen-bond donors (Lipinski definition) is 11. The summed E-state index contributed by atoms with van der Waals surface area (Å²) >= 11 is 0. The minimum atomic E-state index is -1.56. The first kappa shape index (κ1) is 32.7. The van der Waals surface area contributed by atoms with Crippen LogP contribution in [0.25, 0.3) is 0 Å². The molecule has 16 heteroatoms. The van der Waals surface area contributed by atoms with Crippen LogP contribution in [0.1, 0.15) is 48.1 Å². The lowest BCUT2D eigenvalue weighted by Crippen LogP contribution is -2.55. The van der Waals surface area contributed by atoms with E-state index >= 15 is 0 Å². The van der Waals surface area contributed by atoms with Gasteiger partial charge in [-0.25, -0.2) is 9.59 Å². The monoisotopic (exact) mass is 577 g/mol. The van der Waals surface area contributed by atoms with E-state index in [1.807, 2.05) is 0 Å². The minimum Gasteiger partial charge on any atom is -0.507 e. The molecule has 13 N–H and O–H groups in total. The van der Waals surface area contributed by atoms with Gasteiger partial charge in [0.05, 0.1) is 12.1 Å². The number of aliphatic hydroxyl groups excluding tert-OH is 1. The smallest absolute Gasteiger partial charge is 0.339 e. The Morgan fingerprint density at radius 3 is 2.39 bits per heavy atom. The van der Waals surface area contributed by atoms with Crippen LogP contribution < -0.4 is 32.7 Å². The van der Waals surface area contributed by atoms with E-state index in [1.54, 1.807) is 6.08 Å². The maximum absolute atomic E-state index is 12.9. The number of aliphatic hydroxyl groups is 1. The van der Waals surface area contributed by atoms with E-state index in [4.69, 9.17) is 22.0 Å². The van der Waals surface area contributed by atoms with Crippen LogP contribution >= 0.6 is 0 Å². The van der Waals surface area contributed by atoms with E-state index < -0.39 is 71.2 Å². The van der Waals surface area contributed by atoms with Crippen molar-refractivity contribution < 1.29 is 44.4 Å². The largest absolute Gasteiger partial charge is 0.507 e. The van der Waals surface area contributed by atoms with Crippen molar-refractivity contribution >= 4 is 35.5 Å². The third-order valence-corrected chi connectivity index (χ3v) is 6.28. The molecular formula is C25H35N7O9. The third kappa shape index (κ3) is 9.26. The summed E-state index contributed by atoms with van der Waals surface area (Å²) in [6, 6.07) is -1.49. The van der Waals surface area contributed by atoms with Gasteiger partial charge in [0.1, 0.15) is 29.2 Å². The van der Waals surface area contributed by atoms with Gasteiger partial charge in [-0.2, -0.15) is 0 Å². The van der Waals surface area contributed by atoms with Crippen LogP contribution in [0, 0.1) is 5.41 Å². The number of benzene rings is 1. The van der Waals surface area contributed by atoms with Crippen molar-refractivity contribution in [3.8, 4) is 5.75 Å². The third-order valence-electron chi connectivity index (χ3n) is 6.28. The molecule has 0 fully saturated rings. The molecule has 3 amide bonds. The van der Waals surface area contributed by atoms with Gasteiger partial charge in [0, 0.05) is 19.5 Å². The molecule has 0 radical (unpaired) electrons. The van der Waals surface area contributed by atoms with E-state index in [1.165, 1.54) is 6.92 Å². The zero-order valence-electron chi connectivity index (χ0n) is 22.2. The molecule has 5 atom stereocenters. The summed E-state index contributed by atoms with van der Waals surface area (Å²) in [6.45, 7) is 1.70. The molecule has 0 aromatic heterocycles. The summed E-state index contributed by atoms with van der Waals surface area (Å²) in [7, 11) is 0. The molecule has 0 bridgehead atoms. The van der Waals surface area contributed by atoms with Gasteiger partial charge >= 0.3 is 11.9 Å². The predicted octanol–water partition coefficient (Wildman–Crippen LogP) is -2.35. The number of nitrogens with two attached hydrogens (primary N) is 2. The highest BCUT2D eigenvalue weighted by Crippen LogP contribution is 2.23. The number of amidine groups is 1. The molecule has 0 spiro atoms. The summed E-state index contributed by atoms with van der Waals surface area (Å²) in [5.74, 6) is -5.76. The number of carbonyl (C=O) groups excluding carboxylic acids is 3. The van der Waals surface area contributed by atoms with Crippen LogP contribution in [-0.4, -0.2) is 93.2 Å². The van der Waals surface area contributed by atoms with Gasteiger partial charge < -0.3 is 53.2 Å². The Bertz CT molecular complexity index is 1220. The van der Waals surface area contributed by atoms with Gasteiger partial charge in [-0.15, -0.1) is 0 Å². The number of carboxylic acid groups (broad SMARTS) is 2. The molecule has 1 heterocycles. The van der Waals surface area contributed by atoms with Gasteiger partial charge in [0.25, 0.3) is 0 Å². The van der Waals surface area contributed by atoms with Crippen LogP contribution in [-0.2, 0) is 19.2 Å². The summed E-state index contributed by atoms with van der Waals surface area (Å²) in [5, 5.41) is 56.0. The number of amides is 3. The first-order valence-electron chi connectivity index (χ1n) is 12.6. The second-order valence-corrected chi connectivity index (χ2v) is 9.42. The standard InChI is InChI=1S/C25H35N7O9/c1-11(33)18(26)23(37)31-15(9-13-6-8-29-19(13)21(27)28)22(36)30-7-2-3-17(35)32-20(25(40)41)12-4-5-14(24(38)39)16(34)10-12/h4-6,10-11,15,18-20,29,33-34H,2-3,7-9,26H2,1H3,(H3,27,28)(H,30,36)(H,31,37)(H,32,35)(H,38,39)(H,40,41). The molecule has 41 heavy (non-hydrogen) atoms. The number of phenols is 1. The van der Waals surface area contributed by atoms with Crippen LogP contribution in [0.2, 0.25) is 0 Å². The van der Waals surface area contributed by atoms with Crippen molar-refractivity contribution in [2.45, 2.75) is 56.5 Å². The fourth-order valence-electron chi connectivity index (χ4n) is 4.01. The SMILES string of the molecule is CC(O)C(N)C(=O)NC(CC1=CCNC1C(=N)N)C(=O)NCCCC(=O)NC(C(=O)O)c1ccc(C(=O)O)c(O)c1. The molecule has 16 nitrogen and oxygen atoms in total. The van der Waals surface area contributed by atoms with Crippen molar-refractivity contribution in [1.82, 2.24) is 21.3 Å². The second kappa shape index (κ2) is 14.7. The lowest BCUT2D eigenvalue weighted by atomic mass is 9.99. The number of aromatic hydroxyl groups is 1. The lowest BCUT2D eigenvalue weighted by Gasteiger charge is -2.24. The maximum atomic E-state index is 12.9. The highest BCUT2D eigenvalue weighted by Gasteiger charge is 2.30. The Balaban J connectivity index is 1.98. The fourth-order valence-corrected chi connectivity index (χ4v) is 4.01. The first-order valence-corrected chi connectivity index (χ1v) is 12.6. The van der Waals surface area contributed by atoms with E-state index in [0.29, 0.717) is 12.1 Å². The average molecular weight is 578 g/mol. The summed E-state index contributed by atoms with van der Waals surface area (Å²) in [6.07, 6.45) is 0.444. The van der Waals surface area contributed by atoms with Gasteiger partial charge in [-0.1, -0.05) is 12.1 Å². The fraction of sp³-hybridized carbons (Fsp3) is 0.440. The van der Waals surface area contributed by atoms with Crippen LogP contribution in [0.15, 0.2) is 29.8 Å². The van der Waals surface area contributed by atoms with Crippen LogP contribution in [0.3, 0.4) is 0 Å². The number of hydrogen-bond acceptors (Lipinski definition) is 10. The summed E-state index contributed by atoms with van der Waals surface area (Å²) in [4.78, 5) is 60.5. The number of nitrogens with one attached hydrogen (secondary N) is 5. The Morgan fingerprint density at radius 2 is 1.83 bits per heavy atom. The van der Waals surface area contributed by atoms with Crippen molar-refractivity contribution in [2.24, 2.45) is 11.5 Å². The van der Waals surface area contributed by atoms with Gasteiger partial charge in [0.15, 0.2) is 6.04 Å².